The van der Waals surface area contributed by atoms with Crippen LogP contribution < -0.4 is 0 Å². The zero-order chi connectivity index (χ0) is 16.8. The van der Waals surface area contributed by atoms with Crippen LogP contribution in [0.3, 0.4) is 0 Å². The van der Waals surface area contributed by atoms with Gasteiger partial charge in [-0.15, -0.1) is 11.8 Å². The fraction of sp³-hybridized carbons (Fsp3) is 0.316. The van der Waals surface area contributed by atoms with Crippen molar-refractivity contribution in [2.75, 3.05) is 31.9 Å². The predicted molar refractivity (Wildman–Crippen MR) is 100 cm³/mol. The summed E-state index contributed by atoms with van der Waals surface area (Å²) in [5.41, 5.74) is 1.15. The molecule has 0 N–H and O–H groups in total. The monoisotopic (exact) mass is 360 g/mol. The van der Waals surface area contributed by atoms with Crippen molar-refractivity contribution in [1.82, 2.24) is 9.80 Å². The third-order valence-electron chi connectivity index (χ3n) is 4.18. The number of rotatable bonds is 5. The average Bonchev–Trinajstić information content (AvgIpc) is 2.63. The molecule has 3 rings (SSSR count). The largest absolute Gasteiger partial charge is 0.339 e. The van der Waals surface area contributed by atoms with Gasteiger partial charge in [0.2, 0.25) is 5.91 Å². The molecule has 1 fully saturated rings. The van der Waals surface area contributed by atoms with Crippen LogP contribution in [-0.2, 0) is 11.3 Å². The molecule has 3 nitrogen and oxygen atoms in total. The lowest BCUT2D eigenvalue weighted by Crippen LogP contribution is -2.48. The SMILES string of the molecule is O=C(CSc1ccccc1)N1CCN(Cc2ccccc2Cl)CC1. The third kappa shape index (κ3) is 4.76. The van der Waals surface area contributed by atoms with Crippen molar-refractivity contribution in [1.29, 1.82) is 0 Å². The maximum Gasteiger partial charge on any atom is 0.233 e. The number of halogens is 1. The van der Waals surface area contributed by atoms with E-state index in [2.05, 4.69) is 11.0 Å². The maximum atomic E-state index is 12.4. The van der Waals surface area contributed by atoms with Gasteiger partial charge in [-0.25, -0.2) is 0 Å². The summed E-state index contributed by atoms with van der Waals surface area (Å²) in [5.74, 6) is 0.732. The Morgan fingerprint density at radius 1 is 0.958 bits per heavy atom. The van der Waals surface area contributed by atoms with Gasteiger partial charge in [0, 0.05) is 42.6 Å². The van der Waals surface area contributed by atoms with Crippen LogP contribution in [-0.4, -0.2) is 47.6 Å². The number of benzene rings is 2. The molecule has 2 aromatic carbocycles. The molecule has 1 amide bonds. The van der Waals surface area contributed by atoms with Crippen molar-refractivity contribution in [2.24, 2.45) is 0 Å². The molecule has 0 saturated carbocycles. The highest BCUT2D eigenvalue weighted by atomic mass is 35.5. The topological polar surface area (TPSA) is 23.6 Å². The Bertz CT molecular complexity index is 672. The molecular formula is C19H21ClN2OS. The van der Waals surface area contributed by atoms with Crippen molar-refractivity contribution in [3.63, 3.8) is 0 Å². The average molecular weight is 361 g/mol. The van der Waals surface area contributed by atoms with Gasteiger partial charge in [-0.2, -0.15) is 0 Å². The van der Waals surface area contributed by atoms with Crippen LogP contribution in [0.25, 0.3) is 0 Å². The summed E-state index contributed by atoms with van der Waals surface area (Å²) in [6, 6.07) is 18.0. The first kappa shape index (κ1) is 17.3. The van der Waals surface area contributed by atoms with E-state index in [9.17, 15) is 4.79 Å². The summed E-state index contributed by atoms with van der Waals surface area (Å²) in [5, 5.41) is 0.815. The molecule has 1 saturated heterocycles. The number of piperazine rings is 1. The van der Waals surface area contributed by atoms with Gasteiger partial charge in [0.15, 0.2) is 0 Å². The fourth-order valence-corrected chi connectivity index (χ4v) is 3.79. The van der Waals surface area contributed by atoms with Crippen LogP contribution in [0.1, 0.15) is 5.56 Å². The number of amides is 1. The van der Waals surface area contributed by atoms with Crippen molar-refractivity contribution < 1.29 is 4.79 Å². The number of hydrogen-bond acceptors (Lipinski definition) is 3. The van der Waals surface area contributed by atoms with Gasteiger partial charge in [0.25, 0.3) is 0 Å². The molecule has 2 aromatic rings. The Morgan fingerprint density at radius 3 is 2.33 bits per heavy atom. The second kappa shape index (κ2) is 8.56. The maximum absolute atomic E-state index is 12.4. The van der Waals surface area contributed by atoms with Gasteiger partial charge in [-0.1, -0.05) is 48.0 Å². The molecule has 24 heavy (non-hydrogen) atoms. The van der Waals surface area contributed by atoms with Crippen molar-refractivity contribution in [3.8, 4) is 0 Å². The summed E-state index contributed by atoms with van der Waals surface area (Å²) in [6.07, 6.45) is 0. The molecule has 0 aliphatic carbocycles. The van der Waals surface area contributed by atoms with Crippen molar-refractivity contribution in [3.05, 3.63) is 65.2 Å². The van der Waals surface area contributed by atoms with Crippen LogP contribution in [0.4, 0.5) is 0 Å². The van der Waals surface area contributed by atoms with Gasteiger partial charge in [0.05, 0.1) is 5.75 Å². The minimum Gasteiger partial charge on any atom is -0.339 e. The molecule has 126 valence electrons. The molecule has 0 bridgehead atoms. The molecule has 0 aromatic heterocycles. The first-order chi connectivity index (χ1) is 11.7. The number of carbonyl (C=O) groups excluding carboxylic acids is 1. The standard InChI is InChI=1S/C19H21ClN2OS/c20-18-9-5-4-6-16(18)14-21-10-12-22(13-11-21)19(23)15-24-17-7-2-1-3-8-17/h1-9H,10-15H2. The van der Waals surface area contributed by atoms with Crippen LogP contribution in [0.5, 0.6) is 0 Å². The molecule has 1 aliphatic rings. The summed E-state index contributed by atoms with van der Waals surface area (Å²) in [6.45, 7) is 4.22. The first-order valence-electron chi connectivity index (χ1n) is 8.14. The highest BCUT2D eigenvalue weighted by Crippen LogP contribution is 2.20. The first-order valence-corrected chi connectivity index (χ1v) is 9.50. The molecule has 0 spiro atoms. The minimum atomic E-state index is 0.223. The van der Waals surface area contributed by atoms with Crippen LogP contribution >= 0.6 is 23.4 Å². The smallest absolute Gasteiger partial charge is 0.233 e. The summed E-state index contributed by atoms with van der Waals surface area (Å²) in [7, 11) is 0. The van der Waals surface area contributed by atoms with Gasteiger partial charge in [-0.05, 0) is 23.8 Å². The quantitative estimate of drug-likeness (QED) is 0.758. The fourth-order valence-electron chi connectivity index (χ4n) is 2.78. The van der Waals surface area contributed by atoms with Gasteiger partial charge in [0.1, 0.15) is 0 Å². The molecule has 5 heteroatoms. The molecule has 0 unspecified atom stereocenters. The van der Waals surface area contributed by atoms with E-state index in [-0.39, 0.29) is 5.91 Å². The summed E-state index contributed by atoms with van der Waals surface area (Å²) >= 11 is 7.83. The number of hydrogen-bond donors (Lipinski definition) is 0. The molecule has 1 aliphatic heterocycles. The van der Waals surface area contributed by atoms with E-state index >= 15 is 0 Å². The van der Waals surface area contributed by atoms with Crippen molar-refractivity contribution >= 4 is 29.3 Å². The Labute approximate surface area is 152 Å². The Hall–Kier alpha value is -1.49. The van der Waals surface area contributed by atoms with Gasteiger partial charge in [-0.3, -0.25) is 9.69 Å². The van der Waals surface area contributed by atoms with Crippen LogP contribution in [0, 0.1) is 0 Å². The number of thioether (sulfide) groups is 1. The predicted octanol–water partition coefficient (Wildman–Crippen LogP) is 3.78. The molecule has 0 radical (unpaired) electrons. The molecular weight excluding hydrogens is 340 g/mol. The van der Waals surface area contributed by atoms with E-state index in [4.69, 9.17) is 11.6 Å². The third-order valence-corrected chi connectivity index (χ3v) is 5.55. The van der Waals surface area contributed by atoms with E-state index in [0.29, 0.717) is 5.75 Å². The second-order valence-electron chi connectivity index (χ2n) is 5.85. The lowest BCUT2D eigenvalue weighted by Gasteiger charge is -2.34. The minimum absolute atomic E-state index is 0.223. The molecule has 0 atom stereocenters. The van der Waals surface area contributed by atoms with E-state index in [1.807, 2.05) is 53.4 Å². The summed E-state index contributed by atoms with van der Waals surface area (Å²) in [4.78, 5) is 17.8. The van der Waals surface area contributed by atoms with Crippen LogP contribution in [0.15, 0.2) is 59.5 Å². The number of nitrogens with zero attached hydrogens (tertiary/aromatic N) is 2. The number of carbonyl (C=O) groups is 1. The van der Waals surface area contributed by atoms with Crippen LogP contribution in [0.2, 0.25) is 5.02 Å². The zero-order valence-electron chi connectivity index (χ0n) is 13.5. The van der Waals surface area contributed by atoms with E-state index < -0.39 is 0 Å². The second-order valence-corrected chi connectivity index (χ2v) is 7.31. The van der Waals surface area contributed by atoms with Crippen molar-refractivity contribution in [2.45, 2.75) is 11.4 Å². The lowest BCUT2D eigenvalue weighted by molar-refractivity contribution is -0.130. The Kier molecular flexibility index (Phi) is 6.18. The van der Waals surface area contributed by atoms with Gasteiger partial charge >= 0.3 is 0 Å². The normalized spacial score (nSPS) is 15.5. The van der Waals surface area contributed by atoms with E-state index in [0.717, 1.165) is 48.2 Å². The zero-order valence-corrected chi connectivity index (χ0v) is 15.1. The summed E-state index contributed by atoms with van der Waals surface area (Å²) < 4.78 is 0. The van der Waals surface area contributed by atoms with E-state index in [1.165, 1.54) is 0 Å². The molecule has 1 heterocycles. The van der Waals surface area contributed by atoms with E-state index in [1.54, 1.807) is 11.8 Å². The lowest BCUT2D eigenvalue weighted by atomic mass is 10.2. The van der Waals surface area contributed by atoms with Gasteiger partial charge < -0.3 is 4.90 Å². The highest BCUT2D eigenvalue weighted by Gasteiger charge is 2.21. The Morgan fingerprint density at radius 2 is 1.62 bits per heavy atom. The highest BCUT2D eigenvalue weighted by molar-refractivity contribution is 8.00. The Balaban J connectivity index is 1.44.